The summed E-state index contributed by atoms with van der Waals surface area (Å²) in [6, 6.07) is 7.23. The van der Waals surface area contributed by atoms with Crippen LogP contribution in [0.2, 0.25) is 5.02 Å². The smallest absolute Gasteiger partial charge is 0.267 e. The van der Waals surface area contributed by atoms with E-state index in [-0.39, 0.29) is 5.91 Å². The molecule has 3 N–H and O–H groups in total. The van der Waals surface area contributed by atoms with Crippen molar-refractivity contribution in [2.45, 2.75) is 13.3 Å². The molecule has 0 atom stereocenters. The number of thiophene rings is 1. The van der Waals surface area contributed by atoms with Gasteiger partial charge in [-0.3, -0.25) is 4.79 Å². The molecule has 1 aromatic carbocycles. The van der Waals surface area contributed by atoms with Crippen molar-refractivity contribution >= 4 is 40.2 Å². The molecule has 94 valence electrons. The molecule has 1 amide bonds. The summed E-state index contributed by atoms with van der Waals surface area (Å²) in [4.78, 5) is 12.4. The van der Waals surface area contributed by atoms with Gasteiger partial charge in [-0.1, -0.05) is 24.6 Å². The minimum Gasteiger partial charge on any atom is -0.398 e. The van der Waals surface area contributed by atoms with Gasteiger partial charge < -0.3 is 11.1 Å². The SMILES string of the molecule is CCc1ccc(NC(=O)c2sccc2Cl)cc1N. The Morgan fingerprint density at radius 3 is 2.78 bits per heavy atom. The van der Waals surface area contributed by atoms with E-state index >= 15 is 0 Å². The van der Waals surface area contributed by atoms with Crippen LogP contribution in [-0.4, -0.2) is 5.91 Å². The highest BCUT2D eigenvalue weighted by atomic mass is 35.5. The van der Waals surface area contributed by atoms with Gasteiger partial charge in [0.25, 0.3) is 5.91 Å². The number of nitrogen functional groups attached to an aromatic ring is 1. The zero-order chi connectivity index (χ0) is 13.1. The van der Waals surface area contributed by atoms with E-state index in [1.54, 1.807) is 17.5 Å². The number of nitrogens with two attached hydrogens (primary N) is 1. The highest BCUT2D eigenvalue weighted by Gasteiger charge is 2.12. The summed E-state index contributed by atoms with van der Waals surface area (Å²) in [6.45, 7) is 2.04. The van der Waals surface area contributed by atoms with Gasteiger partial charge in [-0.2, -0.15) is 0 Å². The first kappa shape index (κ1) is 12.9. The van der Waals surface area contributed by atoms with E-state index in [4.69, 9.17) is 17.3 Å². The summed E-state index contributed by atoms with van der Waals surface area (Å²) in [5, 5.41) is 5.04. The van der Waals surface area contributed by atoms with Crippen LogP contribution in [0.3, 0.4) is 0 Å². The van der Waals surface area contributed by atoms with Crippen molar-refractivity contribution in [3.05, 3.63) is 45.1 Å². The van der Waals surface area contributed by atoms with Gasteiger partial charge in [0.05, 0.1) is 5.02 Å². The Hall–Kier alpha value is -1.52. The minimum atomic E-state index is -0.210. The number of hydrogen-bond donors (Lipinski definition) is 2. The summed E-state index contributed by atoms with van der Waals surface area (Å²) in [6.07, 6.45) is 0.872. The Labute approximate surface area is 115 Å². The lowest BCUT2D eigenvalue weighted by Crippen LogP contribution is -2.11. The third-order valence-corrected chi connectivity index (χ3v) is 3.95. The maximum Gasteiger partial charge on any atom is 0.267 e. The van der Waals surface area contributed by atoms with Crippen LogP contribution in [0.1, 0.15) is 22.2 Å². The highest BCUT2D eigenvalue weighted by Crippen LogP contribution is 2.24. The standard InChI is InChI=1S/C13H13ClN2OS/c1-2-8-3-4-9(7-11(8)15)16-13(17)12-10(14)5-6-18-12/h3-7H,2,15H2,1H3,(H,16,17). The van der Waals surface area contributed by atoms with E-state index in [0.717, 1.165) is 12.0 Å². The fourth-order valence-electron chi connectivity index (χ4n) is 1.64. The topological polar surface area (TPSA) is 55.1 Å². The zero-order valence-corrected chi connectivity index (χ0v) is 11.4. The molecule has 0 saturated heterocycles. The number of carbonyl (C=O) groups is 1. The number of amides is 1. The average molecular weight is 281 g/mol. The summed E-state index contributed by atoms with van der Waals surface area (Å²) in [5.74, 6) is -0.210. The second-order valence-electron chi connectivity index (χ2n) is 3.82. The summed E-state index contributed by atoms with van der Waals surface area (Å²) < 4.78 is 0. The molecule has 2 aromatic rings. The van der Waals surface area contributed by atoms with Crippen molar-refractivity contribution in [3.63, 3.8) is 0 Å². The maximum atomic E-state index is 11.9. The minimum absolute atomic E-state index is 0.210. The highest BCUT2D eigenvalue weighted by molar-refractivity contribution is 7.12. The summed E-state index contributed by atoms with van der Waals surface area (Å²) in [7, 11) is 0. The predicted molar refractivity (Wildman–Crippen MR) is 77.5 cm³/mol. The first-order chi connectivity index (χ1) is 8.61. The Bertz CT molecular complexity index is 580. The molecule has 3 nitrogen and oxygen atoms in total. The van der Waals surface area contributed by atoms with Gasteiger partial charge >= 0.3 is 0 Å². The van der Waals surface area contributed by atoms with E-state index in [2.05, 4.69) is 5.32 Å². The van der Waals surface area contributed by atoms with Crippen LogP contribution >= 0.6 is 22.9 Å². The van der Waals surface area contributed by atoms with Crippen molar-refractivity contribution < 1.29 is 4.79 Å². The van der Waals surface area contributed by atoms with Gasteiger partial charge in [0.15, 0.2) is 0 Å². The third kappa shape index (κ3) is 2.66. The quantitative estimate of drug-likeness (QED) is 0.840. The van der Waals surface area contributed by atoms with Crippen LogP contribution in [-0.2, 0) is 6.42 Å². The molecule has 1 heterocycles. The molecule has 0 saturated carbocycles. The molecule has 5 heteroatoms. The summed E-state index contributed by atoms with van der Waals surface area (Å²) in [5.41, 5.74) is 8.32. The summed E-state index contributed by atoms with van der Waals surface area (Å²) >= 11 is 7.22. The van der Waals surface area contributed by atoms with Crippen LogP contribution < -0.4 is 11.1 Å². The number of halogens is 1. The van der Waals surface area contributed by atoms with Crippen molar-refractivity contribution in [1.29, 1.82) is 0 Å². The molecule has 0 radical (unpaired) electrons. The van der Waals surface area contributed by atoms with Crippen LogP contribution in [0.15, 0.2) is 29.6 Å². The van der Waals surface area contributed by atoms with Gasteiger partial charge in [-0.05, 0) is 35.6 Å². The van der Waals surface area contributed by atoms with E-state index in [1.165, 1.54) is 11.3 Å². The van der Waals surface area contributed by atoms with Crippen LogP contribution in [0.5, 0.6) is 0 Å². The molecule has 0 unspecified atom stereocenters. The molecule has 0 fully saturated rings. The van der Waals surface area contributed by atoms with Crippen molar-refractivity contribution in [2.24, 2.45) is 0 Å². The Balaban J connectivity index is 2.17. The number of aryl methyl sites for hydroxylation is 1. The molecule has 0 aliphatic rings. The van der Waals surface area contributed by atoms with Gasteiger partial charge in [0.1, 0.15) is 4.88 Å². The fraction of sp³-hybridized carbons (Fsp3) is 0.154. The molecule has 0 bridgehead atoms. The molecule has 2 rings (SSSR count). The number of rotatable bonds is 3. The lowest BCUT2D eigenvalue weighted by atomic mass is 10.1. The molecule has 1 aromatic heterocycles. The van der Waals surface area contributed by atoms with E-state index in [0.29, 0.717) is 21.3 Å². The molecule has 18 heavy (non-hydrogen) atoms. The lowest BCUT2D eigenvalue weighted by molar-refractivity contribution is 0.103. The average Bonchev–Trinajstić information content (AvgIpc) is 2.76. The van der Waals surface area contributed by atoms with Crippen molar-refractivity contribution in [1.82, 2.24) is 0 Å². The second-order valence-corrected chi connectivity index (χ2v) is 5.14. The molecular weight excluding hydrogens is 268 g/mol. The monoisotopic (exact) mass is 280 g/mol. The predicted octanol–water partition coefficient (Wildman–Crippen LogP) is 3.80. The number of benzene rings is 1. The van der Waals surface area contributed by atoms with Gasteiger partial charge in [0, 0.05) is 11.4 Å². The van der Waals surface area contributed by atoms with E-state index in [9.17, 15) is 4.79 Å². The number of carbonyl (C=O) groups excluding carboxylic acids is 1. The molecule has 0 aliphatic carbocycles. The Morgan fingerprint density at radius 1 is 1.44 bits per heavy atom. The first-order valence-corrected chi connectivity index (χ1v) is 6.80. The number of nitrogens with one attached hydrogen (secondary N) is 1. The normalized spacial score (nSPS) is 10.3. The van der Waals surface area contributed by atoms with Crippen LogP contribution in [0.4, 0.5) is 11.4 Å². The van der Waals surface area contributed by atoms with Crippen LogP contribution in [0, 0.1) is 0 Å². The Kier molecular flexibility index (Phi) is 3.89. The number of anilines is 2. The fourth-order valence-corrected chi connectivity index (χ4v) is 2.67. The van der Waals surface area contributed by atoms with Crippen molar-refractivity contribution in [2.75, 3.05) is 11.1 Å². The number of hydrogen-bond acceptors (Lipinski definition) is 3. The third-order valence-electron chi connectivity index (χ3n) is 2.61. The van der Waals surface area contributed by atoms with Gasteiger partial charge in [-0.25, -0.2) is 0 Å². The first-order valence-electron chi connectivity index (χ1n) is 5.54. The van der Waals surface area contributed by atoms with Gasteiger partial charge in [-0.15, -0.1) is 11.3 Å². The van der Waals surface area contributed by atoms with E-state index in [1.807, 2.05) is 19.1 Å². The molecular formula is C13H13ClN2OS. The van der Waals surface area contributed by atoms with E-state index < -0.39 is 0 Å². The lowest BCUT2D eigenvalue weighted by Gasteiger charge is -2.08. The zero-order valence-electron chi connectivity index (χ0n) is 9.87. The maximum absolute atomic E-state index is 11.9. The Morgan fingerprint density at radius 2 is 2.22 bits per heavy atom. The second kappa shape index (κ2) is 5.42. The largest absolute Gasteiger partial charge is 0.398 e. The van der Waals surface area contributed by atoms with Gasteiger partial charge in [0.2, 0.25) is 0 Å². The van der Waals surface area contributed by atoms with Crippen LogP contribution in [0.25, 0.3) is 0 Å². The van der Waals surface area contributed by atoms with Crippen molar-refractivity contribution in [3.8, 4) is 0 Å². The molecule has 0 aliphatic heterocycles. The molecule has 0 spiro atoms.